The van der Waals surface area contributed by atoms with E-state index in [9.17, 15) is 9.90 Å². The normalized spacial score (nSPS) is 20.6. The van der Waals surface area contributed by atoms with Gasteiger partial charge >= 0.3 is 5.97 Å². The lowest BCUT2D eigenvalue weighted by molar-refractivity contribution is -0.144. The number of carboxylic acid groups (broad SMARTS) is 1. The summed E-state index contributed by atoms with van der Waals surface area (Å²) in [7, 11) is 0. The maximum Gasteiger partial charge on any atom is 0.308 e. The summed E-state index contributed by atoms with van der Waals surface area (Å²) in [6, 6.07) is 1.92. The number of nitrogens with zero attached hydrogens (tertiary/aromatic N) is 3. The molecule has 0 aromatic carbocycles. The molecular formula is C17H26N4O3. The Morgan fingerprint density at radius 3 is 2.75 bits per heavy atom. The van der Waals surface area contributed by atoms with Crippen LogP contribution in [0.3, 0.4) is 0 Å². The molecule has 2 saturated heterocycles. The molecule has 0 bridgehead atoms. The number of nitrogens with one attached hydrogen (secondary N) is 1. The van der Waals surface area contributed by atoms with Crippen molar-refractivity contribution in [2.45, 2.75) is 32.1 Å². The third kappa shape index (κ3) is 4.35. The predicted octanol–water partition coefficient (Wildman–Crippen LogP) is 2.01. The summed E-state index contributed by atoms with van der Waals surface area (Å²) < 4.78 is 5.34. The van der Waals surface area contributed by atoms with Gasteiger partial charge in [0.1, 0.15) is 18.0 Å². The summed E-state index contributed by atoms with van der Waals surface area (Å²) in [4.78, 5) is 22.5. The van der Waals surface area contributed by atoms with Crippen LogP contribution in [-0.4, -0.2) is 53.9 Å². The van der Waals surface area contributed by atoms with Crippen molar-refractivity contribution >= 4 is 17.6 Å². The molecular weight excluding hydrogens is 308 g/mol. The summed E-state index contributed by atoms with van der Waals surface area (Å²) in [5, 5.41) is 12.7. The van der Waals surface area contributed by atoms with Crippen LogP contribution in [0.15, 0.2) is 12.4 Å². The van der Waals surface area contributed by atoms with E-state index in [4.69, 9.17) is 4.74 Å². The summed E-state index contributed by atoms with van der Waals surface area (Å²) in [5.74, 6) is 0.614. The molecule has 7 nitrogen and oxygen atoms in total. The number of ether oxygens (including phenoxy) is 1. The number of hydrogen-bond acceptors (Lipinski definition) is 6. The van der Waals surface area contributed by atoms with Crippen LogP contribution in [0.2, 0.25) is 0 Å². The Kier molecular flexibility index (Phi) is 5.85. The van der Waals surface area contributed by atoms with E-state index in [0.29, 0.717) is 25.6 Å². The highest BCUT2D eigenvalue weighted by molar-refractivity contribution is 5.71. The highest BCUT2D eigenvalue weighted by atomic mass is 16.5. The van der Waals surface area contributed by atoms with Crippen molar-refractivity contribution in [3.8, 4) is 0 Å². The van der Waals surface area contributed by atoms with Gasteiger partial charge in [-0.2, -0.15) is 0 Å². The van der Waals surface area contributed by atoms with Crippen LogP contribution in [0.1, 0.15) is 32.1 Å². The number of anilines is 2. The lowest BCUT2D eigenvalue weighted by Crippen LogP contribution is -2.34. The van der Waals surface area contributed by atoms with E-state index in [-0.39, 0.29) is 5.92 Å². The van der Waals surface area contributed by atoms with E-state index in [1.807, 2.05) is 6.07 Å². The maximum absolute atomic E-state index is 11.6. The lowest BCUT2D eigenvalue weighted by atomic mass is 9.86. The van der Waals surface area contributed by atoms with Gasteiger partial charge in [-0.05, 0) is 38.0 Å². The molecule has 1 atom stereocenters. The predicted molar refractivity (Wildman–Crippen MR) is 91.3 cm³/mol. The number of rotatable bonds is 6. The van der Waals surface area contributed by atoms with Gasteiger partial charge in [0.2, 0.25) is 0 Å². The number of piperidine rings is 1. The summed E-state index contributed by atoms with van der Waals surface area (Å²) in [6.07, 6.45) is 6.83. The molecule has 2 fully saturated rings. The Morgan fingerprint density at radius 2 is 2.04 bits per heavy atom. The summed E-state index contributed by atoms with van der Waals surface area (Å²) in [6.45, 7) is 3.74. The van der Waals surface area contributed by atoms with Gasteiger partial charge in [0.15, 0.2) is 0 Å². The number of carboxylic acids is 1. The van der Waals surface area contributed by atoms with Gasteiger partial charge < -0.3 is 20.1 Å². The summed E-state index contributed by atoms with van der Waals surface area (Å²) >= 11 is 0. The standard InChI is InChI=1S/C17H26N4O3/c22-17(23)14(13-4-8-24-9-5-13)11-18-15-10-16(20-12-19-15)21-6-2-1-3-7-21/h10,12-14H,1-9,11H2,(H,22,23)(H,18,19,20). The number of aliphatic carboxylic acids is 1. The average molecular weight is 334 g/mol. The first kappa shape index (κ1) is 17.0. The van der Waals surface area contributed by atoms with Crippen molar-refractivity contribution in [1.29, 1.82) is 0 Å². The molecule has 132 valence electrons. The average Bonchev–Trinajstić information content (AvgIpc) is 2.63. The van der Waals surface area contributed by atoms with E-state index in [1.165, 1.54) is 19.3 Å². The van der Waals surface area contributed by atoms with Gasteiger partial charge in [-0.15, -0.1) is 0 Å². The molecule has 1 aromatic rings. The largest absolute Gasteiger partial charge is 0.481 e. The molecule has 24 heavy (non-hydrogen) atoms. The topological polar surface area (TPSA) is 87.6 Å². The van der Waals surface area contributed by atoms with Crippen LogP contribution in [0.25, 0.3) is 0 Å². The van der Waals surface area contributed by atoms with Crippen LogP contribution < -0.4 is 10.2 Å². The Labute approximate surface area is 142 Å². The first-order chi connectivity index (χ1) is 11.7. The van der Waals surface area contributed by atoms with Crippen molar-refractivity contribution in [2.24, 2.45) is 11.8 Å². The fourth-order valence-corrected chi connectivity index (χ4v) is 3.53. The molecule has 0 aliphatic carbocycles. The minimum absolute atomic E-state index is 0.159. The monoisotopic (exact) mass is 334 g/mol. The second-order valence-electron chi connectivity index (χ2n) is 6.58. The van der Waals surface area contributed by atoms with E-state index in [1.54, 1.807) is 6.33 Å². The SMILES string of the molecule is O=C(O)C(CNc1cc(N2CCCCC2)ncn1)C1CCOCC1. The van der Waals surface area contributed by atoms with Crippen molar-refractivity contribution in [3.05, 3.63) is 12.4 Å². The Balaban J connectivity index is 1.60. The van der Waals surface area contributed by atoms with Crippen LogP contribution in [-0.2, 0) is 9.53 Å². The Hall–Kier alpha value is -1.89. The Bertz CT molecular complexity index is 542. The number of hydrogen-bond donors (Lipinski definition) is 2. The molecule has 0 radical (unpaired) electrons. The van der Waals surface area contributed by atoms with Gasteiger partial charge in [-0.3, -0.25) is 4.79 Å². The Morgan fingerprint density at radius 1 is 1.29 bits per heavy atom. The van der Waals surface area contributed by atoms with Crippen molar-refractivity contribution in [1.82, 2.24) is 9.97 Å². The molecule has 3 heterocycles. The fraction of sp³-hybridized carbons (Fsp3) is 0.706. The van der Waals surface area contributed by atoms with Crippen molar-refractivity contribution < 1.29 is 14.6 Å². The zero-order chi connectivity index (χ0) is 16.8. The van der Waals surface area contributed by atoms with Gasteiger partial charge in [0, 0.05) is 38.9 Å². The van der Waals surface area contributed by atoms with Gasteiger partial charge in [-0.1, -0.05) is 0 Å². The van der Waals surface area contributed by atoms with Crippen LogP contribution in [0.4, 0.5) is 11.6 Å². The molecule has 7 heteroatoms. The minimum atomic E-state index is -0.750. The third-order valence-electron chi connectivity index (χ3n) is 4.99. The third-order valence-corrected chi connectivity index (χ3v) is 4.99. The van der Waals surface area contributed by atoms with Crippen molar-refractivity contribution in [3.63, 3.8) is 0 Å². The first-order valence-electron chi connectivity index (χ1n) is 8.85. The molecule has 0 spiro atoms. The molecule has 0 amide bonds. The maximum atomic E-state index is 11.6. The highest BCUT2D eigenvalue weighted by Gasteiger charge is 2.29. The van der Waals surface area contributed by atoms with E-state index in [0.717, 1.165) is 31.7 Å². The molecule has 2 aliphatic rings. The zero-order valence-corrected chi connectivity index (χ0v) is 14.0. The molecule has 1 aromatic heterocycles. The van der Waals surface area contributed by atoms with Crippen LogP contribution in [0.5, 0.6) is 0 Å². The molecule has 2 N–H and O–H groups in total. The quantitative estimate of drug-likeness (QED) is 0.822. The number of aromatic nitrogens is 2. The van der Waals surface area contributed by atoms with Crippen molar-refractivity contribution in [2.75, 3.05) is 43.1 Å². The smallest absolute Gasteiger partial charge is 0.308 e. The second kappa shape index (κ2) is 8.28. The number of carbonyl (C=O) groups is 1. The molecule has 1 unspecified atom stereocenters. The van der Waals surface area contributed by atoms with Gasteiger partial charge in [0.25, 0.3) is 0 Å². The molecule has 3 rings (SSSR count). The minimum Gasteiger partial charge on any atom is -0.481 e. The molecule has 0 saturated carbocycles. The van der Waals surface area contributed by atoms with Gasteiger partial charge in [0.05, 0.1) is 5.92 Å². The molecule has 2 aliphatic heterocycles. The van der Waals surface area contributed by atoms with Crippen LogP contribution in [0, 0.1) is 11.8 Å². The van der Waals surface area contributed by atoms with Crippen LogP contribution >= 0.6 is 0 Å². The summed E-state index contributed by atoms with van der Waals surface area (Å²) in [5.41, 5.74) is 0. The zero-order valence-electron chi connectivity index (χ0n) is 14.0. The van der Waals surface area contributed by atoms with E-state index < -0.39 is 11.9 Å². The lowest BCUT2D eigenvalue weighted by Gasteiger charge is -2.29. The second-order valence-corrected chi connectivity index (χ2v) is 6.58. The highest BCUT2D eigenvalue weighted by Crippen LogP contribution is 2.25. The fourth-order valence-electron chi connectivity index (χ4n) is 3.53. The van der Waals surface area contributed by atoms with E-state index >= 15 is 0 Å². The van der Waals surface area contributed by atoms with E-state index in [2.05, 4.69) is 20.2 Å². The first-order valence-corrected chi connectivity index (χ1v) is 8.85. The van der Waals surface area contributed by atoms with Gasteiger partial charge in [-0.25, -0.2) is 9.97 Å².